The van der Waals surface area contributed by atoms with Gasteiger partial charge in [-0.3, -0.25) is 0 Å². The molecule has 5 nitrogen and oxygen atoms in total. The van der Waals surface area contributed by atoms with Crippen molar-refractivity contribution >= 4 is 20.0 Å². The van der Waals surface area contributed by atoms with Gasteiger partial charge in [-0.05, 0) is 0 Å². The van der Waals surface area contributed by atoms with Gasteiger partial charge in [0.25, 0.3) is 20.0 Å². The van der Waals surface area contributed by atoms with Crippen molar-refractivity contribution in [1.82, 2.24) is 4.13 Å². The highest BCUT2D eigenvalue weighted by molar-refractivity contribution is 8.05. The molecule has 0 atom stereocenters. The fraction of sp³-hybridized carbons (Fsp3) is 1.00. The maximum Gasteiger partial charge on any atom is 0.460 e. The second-order valence-electron chi connectivity index (χ2n) is 7.71. The highest BCUT2D eigenvalue weighted by Gasteiger charge is 2.96. The maximum absolute atomic E-state index is 13.8. The van der Waals surface area contributed by atoms with Crippen LogP contribution in [0.4, 0.5) is 114 Å². The van der Waals surface area contributed by atoms with Gasteiger partial charge in [0.2, 0.25) is 0 Å². The Morgan fingerprint density at radius 3 is 0.644 bits per heavy atom. The molecule has 0 saturated carbocycles. The van der Waals surface area contributed by atoms with Crippen molar-refractivity contribution in [2.24, 2.45) is 0 Å². The van der Waals surface area contributed by atoms with E-state index in [9.17, 15) is 131 Å². The monoisotopic (exact) mass is 781 g/mol. The van der Waals surface area contributed by atoms with Gasteiger partial charge in [-0.25, -0.2) is 16.8 Å². The Morgan fingerprint density at radius 2 is 0.422 bits per heavy atom. The summed E-state index contributed by atoms with van der Waals surface area (Å²) in [5.74, 6) is -72.7. The van der Waals surface area contributed by atoms with Crippen LogP contribution in [0.15, 0.2) is 0 Å². The standard InChI is InChI=1S/C12HF26NO4S2/c13-1(14,3(17,18)5(21,22)9(29,30)31)2(15,16)4(19,20)7(25,26)11(35,36)44(40,41)39-45(42,43)12(37,38)8(27,28)6(23,24)10(32,33)34/h39H. The molecule has 0 unspecified atom stereocenters. The Labute approximate surface area is 226 Å². The molecular weight excluding hydrogens is 780 g/mol. The summed E-state index contributed by atoms with van der Waals surface area (Å²) in [7, 11) is -18.6. The Balaban J connectivity index is 7.28. The van der Waals surface area contributed by atoms with Crippen LogP contribution < -0.4 is 4.13 Å². The average molecular weight is 781 g/mol. The minimum Gasteiger partial charge on any atom is -0.205 e. The maximum atomic E-state index is 13.8. The number of rotatable bonds is 12. The molecular formula is C12HF26NO4S2. The van der Waals surface area contributed by atoms with Crippen molar-refractivity contribution in [2.45, 2.75) is 70.2 Å². The topological polar surface area (TPSA) is 80.3 Å². The van der Waals surface area contributed by atoms with E-state index in [0.29, 0.717) is 0 Å². The van der Waals surface area contributed by atoms with Crippen molar-refractivity contribution in [3.8, 4) is 0 Å². The lowest BCUT2D eigenvalue weighted by molar-refractivity contribution is -0.458. The summed E-state index contributed by atoms with van der Waals surface area (Å²) in [6, 6.07) is 0. The van der Waals surface area contributed by atoms with Gasteiger partial charge in [-0.15, -0.1) is 0 Å². The lowest BCUT2D eigenvalue weighted by Crippen LogP contribution is -2.75. The Bertz CT molecular complexity index is 1340. The molecule has 0 aliphatic heterocycles. The molecule has 1 N–H and O–H groups in total. The predicted octanol–water partition coefficient (Wildman–Crippen LogP) is 6.63. The molecule has 0 amide bonds. The van der Waals surface area contributed by atoms with E-state index in [0.717, 1.165) is 0 Å². The van der Waals surface area contributed by atoms with Crippen LogP contribution in [0.1, 0.15) is 0 Å². The highest BCUT2D eigenvalue weighted by Crippen LogP contribution is 2.64. The third kappa shape index (κ3) is 5.37. The summed E-state index contributed by atoms with van der Waals surface area (Å²) in [5.41, 5.74) is 0. The summed E-state index contributed by atoms with van der Waals surface area (Å²) in [5, 5.41) is -17.5. The van der Waals surface area contributed by atoms with Crippen LogP contribution >= 0.6 is 0 Å². The number of nitrogens with one attached hydrogen (secondary N) is 1. The number of alkyl halides is 26. The molecule has 0 fully saturated rings. The summed E-state index contributed by atoms with van der Waals surface area (Å²) in [4.78, 5) is 0. The quantitative estimate of drug-likeness (QED) is 0.226. The molecule has 0 aromatic heterocycles. The first-order valence-corrected chi connectivity index (χ1v) is 11.9. The van der Waals surface area contributed by atoms with E-state index in [4.69, 9.17) is 0 Å². The molecule has 0 spiro atoms. The summed E-state index contributed by atoms with van der Waals surface area (Å²) >= 11 is 0. The van der Waals surface area contributed by atoms with Crippen molar-refractivity contribution in [3.05, 3.63) is 0 Å². The first kappa shape index (κ1) is 43.0. The summed E-state index contributed by atoms with van der Waals surface area (Å²) in [6.07, 6.45) is -16.2. The largest absolute Gasteiger partial charge is 0.460 e. The zero-order valence-electron chi connectivity index (χ0n) is 18.8. The van der Waals surface area contributed by atoms with Crippen LogP contribution in [-0.2, 0) is 20.0 Å². The van der Waals surface area contributed by atoms with Gasteiger partial charge in [0.05, 0.1) is 0 Å². The van der Waals surface area contributed by atoms with Crippen LogP contribution in [0, 0.1) is 0 Å². The number of sulfonamides is 2. The van der Waals surface area contributed by atoms with Crippen molar-refractivity contribution in [3.63, 3.8) is 0 Å². The predicted molar refractivity (Wildman–Crippen MR) is 82.6 cm³/mol. The first-order chi connectivity index (χ1) is 18.7. The second-order valence-corrected chi connectivity index (χ2v) is 11.4. The van der Waals surface area contributed by atoms with Crippen LogP contribution in [0.5, 0.6) is 0 Å². The Morgan fingerprint density at radius 1 is 0.267 bits per heavy atom. The van der Waals surface area contributed by atoms with Crippen LogP contribution in [-0.4, -0.2) is 87.1 Å². The van der Waals surface area contributed by atoms with Gasteiger partial charge in [-0.1, -0.05) is 4.13 Å². The Kier molecular flexibility index (Phi) is 9.82. The van der Waals surface area contributed by atoms with Gasteiger partial charge in [0.15, 0.2) is 0 Å². The van der Waals surface area contributed by atoms with Gasteiger partial charge in [0, 0.05) is 0 Å². The minimum absolute atomic E-state index is 2.01. The Hall–Kier alpha value is -1.96. The lowest BCUT2D eigenvalue weighted by Gasteiger charge is -2.42. The van der Waals surface area contributed by atoms with Crippen LogP contribution in [0.25, 0.3) is 0 Å². The molecule has 0 bridgehead atoms. The molecule has 0 saturated heterocycles. The molecule has 0 rings (SSSR count). The number of hydrogen-bond donors (Lipinski definition) is 1. The third-order valence-corrected chi connectivity index (χ3v) is 8.32. The van der Waals surface area contributed by atoms with E-state index in [2.05, 4.69) is 0 Å². The van der Waals surface area contributed by atoms with E-state index in [1.807, 2.05) is 0 Å². The molecule has 33 heteroatoms. The normalized spacial score (nSPS) is 17.1. The van der Waals surface area contributed by atoms with Crippen molar-refractivity contribution < 1.29 is 131 Å². The van der Waals surface area contributed by atoms with Crippen molar-refractivity contribution in [1.29, 1.82) is 0 Å². The third-order valence-electron chi connectivity index (χ3n) is 4.70. The SMILES string of the molecule is O=S(=O)(NS(=O)(=O)C(F)(F)C(F)(F)C(F)(F)C(F)(F)C(F)(F)C(F)(F)C(F)(F)C(F)(F)F)C(F)(F)C(F)(F)C(F)(F)C(F)(F)F. The molecule has 0 heterocycles. The fourth-order valence-corrected chi connectivity index (χ4v) is 5.02. The smallest absolute Gasteiger partial charge is 0.205 e. The first-order valence-electron chi connectivity index (χ1n) is 8.90. The molecule has 0 aromatic carbocycles. The molecule has 0 aliphatic carbocycles. The number of hydrogen-bond acceptors (Lipinski definition) is 4. The van der Waals surface area contributed by atoms with E-state index in [-0.39, 0.29) is 0 Å². The van der Waals surface area contributed by atoms with E-state index in [1.165, 1.54) is 0 Å². The van der Waals surface area contributed by atoms with Gasteiger partial charge in [0.1, 0.15) is 0 Å². The molecule has 0 aliphatic rings. The molecule has 272 valence electrons. The number of halogens is 26. The lowest BCUT2D eigenvalue weighted by atomic mass is 9.91. The fourth-order valence-electron chi connectivity index (χ4n) is 2.10. The summed E-state index contributed by atoms with van der Waals surface area (Å²) < 4.78 is 380. The molecule has 0 aromatic rings. The van der Waals surface area contributed by atoms with Gasteiger partial charge >= 0.3 is 70.2 Å². The zero-order chi connectivity index (χ0) is 37.7. The van der Waals surface area contributed by atoms with Crippen molar-refractivity contribution in [2.75, 3.05) is 0 Å². The van der Waals surface area contributed by atoms with Crippen LogP contribution in [0.2, 0.25) is 0 Å². The van der Waals surface area contributed by atoms with E-state index < -0.39 is 94.4 Å². The zero-order valence-corrected chi connectivity index (χ0v) is 20.4. The second kappa shape index (κ2) is 10.3. The highest BCUT2D eigenvalue weighted by atomic mass is 32.3. The van der Waals surface area contributed by atoms with Gasteiger partial charge in [-0.2, -0.15) is 114 Å². The molecule has 45 heavy (non-hydrogen) atoms. The van der Waals surface area contributed by atoms with E-state index >= 15 is 0 Å². The van der Waals surface area contributed by atoms with Gasteiger partial charge < -0.3 is 0 Å². The summed E-state index contributed by atoms with van der Waals surface area (Å²) in [6.45, 7) is 0. The van der Waals surface area contributed by atoms with Crippen LogP contribution in [0.3, 0.4) is 0 Å². The van der Waals surface area contributed by atoms with E-state index in [1.54, 1.807) is 0 Å². The molecule has 0 radical (unpaired) electrons. The average Bonchev–Trinajstić information content (AvgIpc) is 2.75. The minimum atomic E-state index is -9.54.